The Bertz CT molecular complexity index is 652. The van der Waals surface area contributed by atoms with Crippen LogP contribution in [0.5, 0.6) is 0 Å². The summed E-state index contributed by atoms with van der Waals surface area (Å²) in [6.45, 7) is 7.46. The first-order valence-electron chi connectivity index (χ1n) is 7.87. The van der Waals surface area contributed by atoms with E-state index in [1.54, 1.807) is 6.92 Å². The summed E-state index contributed by atoms with van der Waals surface area (Å²) in [7, 11) is 0. The van der Waals surface area contributed by atoms with E-state index in [9.17, 15) is 9.90 Å². The van der Waals surface area contributed by atoms with Gasteiger partial charge in [0.2, 0.25) is 5.91 Å². The Morgan fingerprint density at radius 3 is 1.96 bits per heavy atom. The van der Waals surface area contributed by atoms with Crippen LogP contribution in [0.15, 0.2) is 54.6 Å². The van der Waals surface area contributed by atoms with E-state index in [2.05, 4.69) is 17.4 Å². The van der Waals surface area contributed by atoms with Crippen LogP contribution in [0.4, 0.5) is 0 Å². The van der Waals surface area contributed by atoms with Crippen LogP contribution in [0.1, 0.15) is 33.3 Å². The lowest BCUT2D eigenvalue weighted by molar-refractivity contribution is -0.129. The van der Waals surface area contributed by atoms with Gasteiger partial charge in [0.05, 0.1) is 6.54 Å². The standard InChI is InChI=1S/C20H25NO2/c1-19(2,3)18(22)21-14-20(4,23)17-12-10-16(11-13-17)15-8-6-5-7-9-15/h5-13,23H,14H2,1-4H3,(H,21,22)/t20-/m0/s1. The van der Waals surface area contributed by atoms with Gasteiger partial charge in [-0.1, -0.05) is 75.4 Å². The summed E-state index contributed by atoms with van der Waals surface area (Å²) < 4.78 is 0. The topological polar surface area (TPSA) is 49.3 Å². The molecule has 0 fully saturated rings. The van der Waals surface area contributed by atoms with E-state index in [4.69, 9.17) is 0 Å². The van der Waals surface area contributed by atoms with E-state index >= 15 is 0 Å². The van der Waals surface area contributed by atoms with Crippen molar-refractivity contribution in [1.82, 2.24) is 5.32 Å². The zero-order valence-electron chi connectivity index (χ0n) is 14.3. The van der Waals surface area contributed by atoms with Crippen molar-refractivity contribution in [1.29, 1.82) is 0 Å². The van der Waals surface area contributed by atoms with Crippen molar-refractivity contribution in [2.24, 2.45) is 5.41 Å². The maximum absolute atomic E-state index is 12.0. The highest BCUT2D eigenvalue weighted by molar-refractivity contribution is 5.81. The molecule has 23 heavy (non-hydrogen) atoms. The maximum Gasteiger partial charge on any atom is 0.225 e. The average Bonchev–Trinajstić information content (AvgIpc) is 2.53. The van der Waals surface area contributed by atoms with Crippen LogP contribution in [0.2, 0.25) is 0 Å². The molecule has 0 aliphatic rings. The molecule has 0 saturated heterocycles. The van der Waals surface area contributed by atoms with Gasteiger partial charge in [-0.2, -0.15) is 0 Å². The second-order valence-electron chi connectivity index (χ2n) is 7.15. The van der Waals surface area contributed by atoms with Gasteiger partial charge in [0.25, 0.3) is 0 Å². The summed E-state index contributed by atoms with van der Waals surface area (Å²) in [4.78, 5) is 12.0. The van der Waals surface area contributed by atoms with Gasteiger partial charge in [0, 0.05) is 5.41 Å². The number of hydrogen-bond acceptors (Lipinski definition) is 2. The number of rotatable bonds is 4. The molecule has 0 heterocycles. The zero-order valence-corrected chi connectivity index (χ0v) is 14.3. The smallest absolute Gasteiger partial charge is 0.225 e. The molecule has 2 aromatic carbocycles. The SMILES string of the molecule is CC(C)(C)C(=O)NC[C@](C)(O)c1ccc(-c2ccccc2)cc1. The molecule has 1 atom stereocenters. The Hall–Kier alpha value is -2.13. The second-order valence-corrected chi connectivity index (χ2v) is 7.15. The van der Waals surface area contributed by atoms with Gasteiger partial charge in [-0.3, -0.25) is 4.79 Å². The third-order valence-electron chi connectivity index (χ3n) is 3.89. The fourth-order valence-corrected chi connectivity index (χ4v) is 2.27. The molecule has 1 amide bonds. The Morgan fingerprint density at radius 1 is 0.913 bits per heavy atom. The summed E-state index contributed by atoms with van der Waals surface area (Å²) in [5.41, 5.74) is 1.46. The number of carbonyl (C=O) groups excluding carboxylic acids is 1. The molecule has 2 aromatic rings. The van der Waals surface area contributed by atoms with Crippen molar-refractivity contribution in [3.63, 3.8) is 0 Å². The minimum Gasteiger partial charge on any atom is -0.384 e. The molecule has 0 spiro atoms. The molecule has 0 radical (unpaired) electrons. The molecule has 2 rings (SSSR count). The predicted octanol–water partition coefficient (Wildman–Crippen LogP) is 3.72. The monoisotopic (exact) mass is 311 g/mol. The summed E-state index contributed by atoms with van der Waals surface area (Å²) in [5, 5.41) is 13.5. The first-order chi connectivity index (χ1) is 10.7. The highest BCUT2D eigenvalue weighted by atomic mass is 16.3. The normalized spacial score (nSPS) is 14.1. The molecular formula is C20H25NO2. The Kier molecular flexibility index (Phi) is 4.90. The van der Waals surface area contributed by atoms with Crippen molar-refractivity contribution in [2.45, 2.75) is 33.3 Å². The summed E-state index contributed by atoms with van der Waals surface area (Å²) in [6.07, 6.45) is 0. The number of aliphatic hydroxyl groups is 1. The third-order valence-corrected chi connectivity index (χ3v) is 3.89. The fourth-order valence-electron chi connectivity index (χ4n) is 2.27. The van der Waals surface area contributed by atoms with E-state index < -0.39 is 11.0 Å². The number of nitrogens with one attached hydrogen (secondary N) is 1. The van der Waals surface area contributed by atoms with Crippen molar-refractivity contribution in [3.05, 3.63) is 60.2 Å². The molecular weight excluding hydrogens is 286 g/mol. The maximum atomic E-state index is 12.0. The van der Waals surface area contributed by atoms with E-state index in [1.807, 2.05) is 63.2 Å². The molecule has 0 saturated carbocycles. The minimum atomic E-state index is -1.10. The van der Waals surface area contributed by atoms with Crippen LogP contribution in [-0.2, 0) is 10.4 Å². The number of amides is 1. The average molecular weight is 311 g/mol. The van der Waals surface area contributed by atoms with Gasteiger partial charge >= 0.3 is 0 Å². The molecule has 122 valence electrons. The highest BCUT2D eigenvalue weighted by Crippen LogP contribution is 2.25. The minimum absolute atomic E-state index is 0.0707. The Morgan fingerprint density at radius 2 is 1.43 bits per heavy atom. The lowest BCUT2D eigenvalue weighted by Gasteiger charge is -2.27. The lowest BCUT2D eigenvalue weighted by atomic mass is 9.92. The van der Waals surface area contributed by atoms with Crippen LogP contribution < -0.4 is 5.32 Å². The third kappa shape index (κ3) is 4.42. The van der Waals surface area contributed by atoms with Gasteiger partial charge in [0.1, 0.15) is 5.60 Å². The lowest BCUT2D eigenvalue weighted by Crippen LogP contribution is -2.43. The molecule has 0 unspecified atom stereocenters. The van der Waals surface area contributed by atoms with E-state index in [1.165, 1.54) is 0 Å². The van der Waals surface area contributed by atoms with Gasteiger partial charge in [0.15, 0.2) is 0 Å². The Labute approximate surface area is 138 Å². The number of carbonyl (C=O) groups is 1. The van der Waals surface area contributed by atoms with Crippen molar-refractivity contribution < 1.29 is 9.90 Å². The van der Waals surface area contributed by atoms with E-state index in [-0.39, 0.29) is 12.5 Å². The largest absolute Gasteiger partial charge is 0.384 e. The first kappa shape index (κ1) is 17.2. The molecule has 0 bridgehead atoms. The number of benzene rings is 2. The van der Waals surface area contributed by atoms with E-state index in [0.717, 1.165) is 16.7 Å². The second kappa shape index (κ2) is 6.55. The predicted molar refractivity (Wildman–Crippen MR) is 93.9 cm³/mol. The number of hydrogen-bond donors (Lipinski definition) is 2. The first-order valence-corrected chi connectivity index (χ1v) is 7.87. The van der Waals surface area contributed by atoms with Gasteiger partial charge in [-0.25, -0.2) is 0 Å². The molecule has 3 heteroatoms. The van der Waals surface area contributed by atoms with Crippen LogP contribution >= 0.6 is 0 Å². The fraction of sp³-hybridized carbons (Fsp3) is 0.350. The van der Waals surface area contributed by atoms with E-state index in [0.29, 0.717) is 0 Å². The Balaban J connectivity index is 2.10. The van der Waals surface area contributed by atoms with Gasteiger partial charge in [-0.15, -0.1) is 0 Å². The molecule has 0 aliphatic heterocycles. The van der Waals surface area contributed by atoms with Crippen LogP contribution in [0, 0.1) is 5.41 Å². The molecule has 2 N–H and O–H groups in total. The summed E-state index contributed by atoms with van der Waals surface area (Å²) in [5.74, 6) is -0.0707. The van der Waals surface area contributed by atoms with Crippen molar-refractivity contribution in [2.75, 3.05) is 6.54 Å². The molecule has 3 nitrogen and oxygen atoms in total. The summed E-state index contributed by atoms with van der Waals surface area (Å²) in [6, 6.07) is 17.9. The van der Waals surface area contributed by atoms with Crippen LogP contribution in [0.25, 0.3) is 11.1 Å². The van der Waals surface area contributed by atoms with Crippen molar-refractivity contribution >= 4 is 5.91 Å². The summed E-state index contributed by atoms with van der Waals surface area (Å²) >= 11 is 0. The van der Waals surface area contributed by atoms with Crippen molar-refractivity contribution in [3.8, 4) is 11.1 Å². The zero-order chi connectivity index (χ0) is 17.1. The molecule has 0 aliphatic carbocycles. The van der Waals surface area contributed by atoms with Crippen LogP contribution in [0.3, 0.4) is 0 Å². The quantitative estimate of drug-likeness (QED) is 0.904. The van der Waals surface area contributed by atoms with Crippen LogP contribution in [-0.4, -0.2) is 17.6 Å². The van der Waals surface area contributed by atoms with Gasteiger partial charge < -0.3 is 10.4 Å². The molecule has 0 aromatic heterocycles. The highest BCUT2D eigenvalue weighted by Gasteiger charge is 2.27. The van der Waals surface area contributed by atoms with Gasteiger partial charge in [-0.05, 0) is 23.6 Å².